The van der Waals surface area contributed by atoms with Crippen molar-refractivity contribution >= 4 is 11.0 Å². The molecule has 0 aliphatic rings. The molecule has 0 unspecified atom stereocenters. The predicted octanol–water partition coefficient (Wildman–Crippen LogP) is 2.10. The predicted molar refractivity (Wildman–Crippen MR) is 75.6 cm³/mol. The molecule has 0 saturated heterocycles. The monoisotopic (exact) mass is 268 g/mol. The first-order valence-corrected chi connectivity index (χ1v) is 6.05. The van der Waals surface area contributed by atoms with E-state index in [0.29, 0.717) is 22.5 Å². The van der Waals surface area contributed by atoms with Gasteiger partial charge in [0.1, 0.15) is 11.5 Å². The summed E-state index contributed by atoms with van der Waals surface area (Å²) >= 11 is 0. The Kier molecular flexibility index (Phi) is 2.87. The van der Waals surface area contributed by atoms with Crippen LogP contribution in [0.5, 0.6) is 11.5 Å². The zero-order valence-corrected chi connectivity index (χ0v) is 10.8. The molecule has 1 aromatic carbocycles. The van der Waals surface area contributed by atoms with E-state index in [2.05, 4.69) is 4.98 Å². The standard InChI is InChI=1S/C15H12N2O3/c1-20-13-7-3-2-6-11(13)17-14(19)9-12(18)10-5-4-8-16-15(10)17/h2-9,18H,1H3. The van der Waals surface area contributed by atoms with Crippen LogP contribution in [0, 0.1) is 0 Å². The van der Waals surface area contributed by atoms with Crippen molar-refractivity contribution in [1.29, 1.82) is 0 Å². The molecule has 3 rings (SSSR count). The van der Waals surface area contributed by atoms with Crippen LogP contribution in [0.3, 0.4) is 0 Å². The van der Waals surface area contributed by atoms with Gasteiger partial charge in [0.2, 0.25) is 0 Å². The van der Waals surface area contributed by atoms with Gasteiger partial charge in [-0.2, -0.15) is 0 Å². The SMILES string of the molecule is COc1ccccc1-n1c(=O)cc(O)c2cccnc21. The maximum atomic E-state index is 12.2. The highest BCUT2D eigenvalue weighted by molar-refractivity contribution is 5.83. The molecule has 0 aliphatic heterocycles. The molecule has 0 spiro atoms. The third-order valence-corrected chi connectivity index (χ3v) is 3.08. The Morgan fingerprint density at radius 1 is 1.20 bits per heavy atom. The van der Waals surface area contributed by atoms with Crippen LogP contribution < -0.4 is 10.3 Å². The number of fused-ring (bicyclic) bond motifs is 1. The first kappa shape index (κ1) is 12.2. The van der Waals surface area contributed by atoms with E-state index in [9.17, 15) is 9.90 Å². The van der Waals surface area contributed by atoms with Gasteiger partial charge >= 0.3 is 0 Å². The highest BCUT2D eigenvalue weighted by Gasteiger charge is 2.13. The molecule has 0 amide bonds. The third kappa shape index (κ3) is 1.80. The van der Waals surface area contributed by atoms with E-state index in [0.717, 1.165) is 0 Å². The Morgan fingerprint density at radius 3 is 2.80 bits per heavy atom. The Morgan fingerprint density at radius 2 is 2.00 bits per heavy atom. The molecule has 0 bridgehead atoms. The van der Waals surface area contributed by atoms with Crippen LogP contribution in [0.25, 0.3) is 16.7 Å². The molecule has 1 N–H and O–H groups in total. The number of methoxy groups -OCH3 is 1. The van der Waals surface area contributed by atoms with E-state index in [4.69, 9.17) is 4.74 Å². The largest absolute Gasteiger partial charge is 0.507 e. The molecule has 5 heteroatoms. The summed E-state index contributed by atoms with van der Waals surface area (Å²) in [6.45, 7) is 0. The lowest BCUT2D eigenvalue weighted by molar-refractivity contribution is 0.412. The van der Waals surface area contributed by atoms with Gasteiger partial charge in [0, 0.05) is 12.3 Å². The molecule has 0 atom stereocenters. The van der Waals surface area contributed by atoms with E-state index in [-0.39, 0.29) is 11.3 Å². The summed E-state index contributed by atoms with van der Waals surface area (Å²) in [4.78, 5) is 16.4. The lowest BCUT2D eigenvalue weighted by atomic mass is 10.2. The number of nitrogens with zero attached hydrogens (tertiary/aromatic N) is 2. The molecule has 100 valence electrons. The van der Waals surface area contributed by atoms with E-state index in [1.165, 1.54) is 10.6 Å². The number of hydrogen-bond donors (Lipinski definition) is 1. The zero-order valence-electron chi connectivity index (χ0n) is 10.8. The van der Waals surface area contributed by atoms with Gasteiger partial charge in [-0.3, -0.25) is 9.36 Å². The van der Waals surface area contributed by atoms with Gasteiger partial charge in [-0.25, -0.2) is 4.98 Å². The maximum Gasteiger partial charge on any atom is 0.260 e. The summed E-state index contributed by atoms with van der Waals surface area (Å²) in [5.41, 5.74) is 0.615. The van der Waals surface area contributed by atoms with Gasteiger partial charge in [-0.05, 0) is 24.3 Å². The fraction of sp³-hybridized carbons (Fsp3) is 0.0667. The number of para-hydroxylation sites is 2. The smallest absolute Gasteiger partial charge is 0.260 e. The van der Waals surface area contributed by atoms with Crippen molar-refractivity contribution in [3.8, 4) is 17.2 Å². The molecule has 2 aromatic heterocycles. The van der Waals surface area contributed by atoms with E-state index < -0.39 is 0 Å². The van der Waals surface area contributed by atoms with E-state index in [1.54, 1.807) is 37.6 Å². The van der Waals surface area contributed by atoms with Gasteiger partial charge in [-0.15, -0.1) is 0 Å². The van der Waals surface area contributed by atoms with Crippen LogP contribution in [-0.4, -0.2) is 21.8 Å². The topological polar surface area (TPSA) is 64.3 Å². The second-order valence-corrected chi connectivity index (χ2v) is 4.25. The average molecular weight is 268 g/mol. The number of pyridine rings is 2. The quantitative estimate of drug-likeness (QED) is 0.773. The second kappa shape index (κ2) is 4.70. The number of aromatic nitrogens is 2. The minimum atomic E-state index is -0.363. The molecule has 3 aromatic rings. The van der Waals surface area contributed by atoms with Crippen molar-refractivity contribution in [3.05, 3.63) is 59.0 Å². The van der Waals surface area contributed by atoms with Crippen LogP contribution in [0.2, 0.25) is 0 Å². The van der Waals surface area contributed by atoms with Crippen molar-refractivity contribution < 1.29 is 9.84 Å². The van der Waals surface area contributed by atoms with Crippen LogP contribution in [-0.2, 0) is 0 Å². The van der Waals surface area contributed by atoms with Crippen molar-refractivity contribution in [2.75, 3.05) is 7.11 Å². The number of hydrogen-bond acceptors (Lipinski definition) is 4. The van der Waals surface area contributed by atoms with E-state index >= 15 is 0 Å². The molecule has 0 saturated carbocycles. The normalized spacial score (nSPS) is 10.7. The zero-order chi connectivity index (χ0) is 14.1. The highest BCUT2D eigenvalue weighted by atomic mass is 16.5. The molecule has 20 heavy (non-hydrogen) atoms. The Hall–Kier alpha value is -2.82. The summed E-state index contributed by atoms with van der Waals surface area (Å²) in [7, 11) is 1.54. The number of ether oxygens (including phenoxy) is 1. The summed E-state index contributed by atoms with van der Waals surface area (Å²) in [6, 6.07) is 11.8. The minimum absolute atomic E-state index is 0.0794. The number of rotatable bonds is 2. The number of aromatic hydroxyl groups is 1. The first-order valence-electron chi connectivity index (χ1n) is 6.05. The van der Waals surface area contributed by atoms with Gasteiger partial charge < -0.3 is 9.84 Å². The lowest BCUT2D eigenvalue weighted by Crippen LogP contribution is -2.19. The molecule has 0 fully saturated rings. The summed E-state index contributed by atoms with van der Waals surface area (Å²) < 4.78 is 6.71. The molecule has 2 heterocycles. The summed E-state index contributed by atoms with van der Waals surface area (Å²) in [5.74, 6) is 0.483. The highest BCUT2D eigenvalue weighted by Crippen LogP contribution is 2.26. The summed E-state index contributed by atoms with van der Waals surface area (Å²) in [5, 5.41) is 10.4. The minimum Gasteiger partial charge on any atom is -0.507 e. The molecule has 0 aliphatic carbocycles. The van der Waals surface area contributed by atoms with Crippen LogP contribution >= 0.6 is 0 Å². The van der Waals surface area contributed by atoms with Crippen molar-refractivity contribution in [2.45, 2.75) is 0 Å². The molecule has 0 radical (unpaired) electrons. The van der Waals surface area contributed by atoms with Crippen LogP contribution in [0.15, 0.2) is 53.5 Å². The lowest BCUT2D eigenvalue weighted by Gasteiger charge is -2.13. The van der Waals surface area contributed by atoms with Gasteiger partial charge in [-0.1, -0.05) is 12.1 Å². The first-order chi connectivity index (χ1) is 9.72. The third-order valence-electron chi connectivity index (χ3n) is 3.08. The molecular weight excluding hydrogens is 256 g/mol. The fourth-order valence-electron chi connectivity index (χ4n) is 2.19. The average Bonchev–Trinajstić information content (AvgIpc) is 2.48. The van der Waals surface area contributed by atoms with Crippen molar-refractivity contribution in [1.82, 2.24) is 9.55 Å². The van der Waals surface area contributed by atoms with Gasteiger partial charge in [0.15, 0.2) is 5.65 Å². The molecule has 5 nitrogen and oxygen atoms in total. The van der Waals surface area contributed by atoms with Gasteiger partial charge in [0.25, 0.3) is 5.56 Å². The Labute approximate surface area is 114 Å². The Bertz CT molecular complexity index is 840. The number of benzene rings is 1. The van der Waals surface area contributed by atoms with Crippen molar-refractivity contribution in [2.24, 2.45) is 0 Å². The molecular formula is C15H12N2O3. The van der Waals surface area contributed by atoms with Crippen LogP contribution in [0.4, 0.5) is 0 Å². The Balaban J connectivity index is 2.45. The fourth-order valence-corrected chi connectivity index (χ4v) is 2.19. The van der Waals surface area contributed by atoms with Crippen LogP contribution in [0.1, 0.15) is 0 Å². The van der Waals surface area contributed by atoms with E-state index in [1.807, 2.05) is 12.1 Å². The van der Waals surface area contributed by atoms with Crippen molar-refractivity contribution in [3.63, 3.8) is 0 Å². The maximum absolute atomic E-state index is 12.2. The second-order valence-electron chi connectivity index (χ2n) is 4.25. The summed E-state index contributed by atoms with van der Waals surface area (Å²) in [6.07, 6.45) is 1.58. The van der Waals surface area contributed by atoms with Gasteiger partial charge in [0.05, 0.1) is 18.2 Å².